The van der Waals surface area contributed by atoms with Crippen molar-refractivity contribution in [1.82, 2.24) is 4.31 Å². The molecule has 0 radical (unpaired) electrons. The van der Waals surface area contributed by atoms with Crippen LogP contribution >= 0.6 is 11.6 Å². The summed E-state index contributed by atoms with van der Waals surface area (Å²) < 4.78 is 33.2. The lowest BCUT2D eigenvalue weighted by molar-refractivity contribution is -0.139. The molecule has 1 unspecified atom stereocenters. The number of rotatable bonds is 10. The maximum absolute atomic E-state index is 13.6. The minimum Gasteiger partial charge on any atom is -0.469 e. The van der Waals surface area contributed by atoms with Gasteiger partial charge in [-0.15, -0.1) is 0 Å². The molecule has 3 aromatic carbocycles. The Kier molecular flexibility index (Phi) is 8.63. The number of aliphatic hydroxyl groups excluding tert-OH is 1. The Morgan fingerprint density at radius 2 is 1.55 bits per heavy atom. The van der Waals surface area contributed by atoms with Crippen LogP contribution in [0.3, 0.4) is 0 Å². The van der Waals surface area contributed by atoms with Crippen molar-refractivity contribution in [3.8, 4) is 0 Å². The molecule has 0 spiro atoms. The molecular weight excluding hydrogens is 462 g/mol. The number of sulfonamides is 1. The first-order valence-electron chi connectivity index (χ1n) is 10.4. The zero-order valence-electron chi connectivity index (χ0n) is 18.2. The van der Waals surface area contributed by atoms with Crippen molar-refractivity contribution in [2.45, 2.75) is 30.3 Å². The van der Waals surface area contributed by atoms with Gasteiger partial charge in [-0.2, -0.15) is 4.31 Å². The third-order valence-corrected chi connectivity index (χ3v) is 7.45. The predicted octanol–water partition coefficient (Wildman–Crippen LogP) is 3.85. The summed E-state index contributed by atoms with van der Waals surface area (Å²) in [6.07, 6.45) is 0.488. The standard InChI is InChI=1S/C25H26ClNO5S/c1-32-25(29)16-20-7-9-21(10-8-20)17-27(23(18-28)15-19-5-3-2-4-6-19)33(30,31)24-13-11-22(26)12-14-24/h2-14,23,28H,15-18H2,1H3. The lowest BCUT2D eigenvalue weighted by Gasteiger charge is -2.30. The van der Waals surface area contributed by atoms with Crippen molar-refractivity contribution in [1.29, 1.82) is 0 Å². The Labute approximate surface area is 199 Å². The maximum Gasteiger partial charge on any atom is 0.309 e. The van der Waals surface area contributed by atoms with Crippen molar-refractivity contribution < 1.29 is 23.1 Å². The molecule has 0 aliphatic carbocycles. The van der Waals surface area contributed by atoms with Crippen molar-refractivity contribution in [3.63, 3.8) is 0 Å². The maximum atomic E-state index is 13.6. The highest BCUT2D eigenvalue weighted by molar-refractivity contribution is 7.89. The Balaban J connectivity index is 1.93. The molecule has 8 heteroatoms. The number of ether oxygens (including phenoxy) is 1. The van der Waals surface area contributed by atoms with Crippen molar-refractivity contribution in [2.24, 2.45) is 0 Å². The number of halogens is 1. The second-order valence-corrected chi connectivity index (χ2v) is 9.93. The van der Waals surface area contributed by atoms with Crippen LogP contribution < -0.4 is 0 Å². The van der Waals surface area contributed by atoms with E-state index in [1.54, 1.807) is 24.3 Å². The smallest absolute Gasteiger partial charge is 0.309 e. The number of methoxy groups -OCH3 is 1. The zero-order valence-corrected chi connectivity index (χ0v) is 19.8. The molecule has 0 bridgehead atoms. The zero-order chi connectivity index (χ0) is 23.8. The average Bonchev–Trinajstić information content (AvgIpc) is 2.83. The van der Waals surface area contributed by atoms with Crippen molar-refractivity contribution >= 4 is 27.6 Å². The summed E-state index contributed by atoms with van der Waals surface area (Å²) in [5.74, 6) is -0.349. The molecule has 0 aliphatic heterocycles. The molecule has 33 heavy (non-hydrogen) atoms. The van der Waals surface area contributed by atoms with Gasteiger partial charge < -0.3 is 9.84 Å². The van der Waals surface area contributed by atoms with Crippen LogP contribution in [0.15, 0.2) is 83.8 Å². The largest absolute Gasteiger partial charge is 0.469 e. The van der Waals surface area contributed by atoms with Gasteiger partial charge in [-0.3, -0.25) is 4.79 Å². The number of hydrogen-bond acceptors (Lipinski definition) is 5. The second kappa shape index (κ2) is 11.4. The summed E-state index contributed by atoms with van der Waals surface area (Å²) in [5, 5.41) is 10.6. The molecule has 0 saturated heterocycles. The SMILES string of the molecule is COC(=O)Cc1ccc(CN(C(CO)Cc2ccccc2)S(=O)(=O)c2ccc(Cl)cc2)cc1. The third-order valence-electron chi connectivity index (χ3n) is 5.29. The van der Waals surface area contributed by atoms with E-state index >= 15 is 0 Å². The molecule has 1 atom stereocenters. The highest BCUT2D eigenvalue weighted by Crippen LogP contribution is 2.24. The molecule has 0 heterocycles. The summed E-state index contributed by atoms with van der Waals surface area (Å²) in [4.78, 5) is 11.6. The molecule has 3 aromatic rings. The van der Waals surface area contributed by atoms with Crippen LogP contribution in [0, 0.1) is 0 Å². The summed E-state index contributed by atoms with van der Waals surface area (Å²) >= 11 is 5.95. The Bertz CT molecular complexity index is 1150. The van der Waals surface area contributed by atoms with E-state index in [1.165, 1.54) is 35.7 Å². The fourth-order valence-electron chi connectivity index (χ4n) is 3.48. The number of benzene rings is 3. The van der Waals surface area contributed by atoms with Crippen LogP contribution in [0.25, 0.3) is 0 Å². The molecule has 1 N–H and O–H groups in total. The number of carbonyl (C=O) groups is 1. The van der Waals surface area contributed by atoms with Crippen molar-refractivity contribution in [3.05, 3.63) is 101 Å². The quantitative estimate of drug-likeness (QED) is 0.439. The highest BCUT2D eigenvalue weighted by atomic mass is 35.5. The highest BCUT2D eigenvalue weighted by Gasteiger charge is 2.31. The van der Waals surface area contributed by atoms with Gasteiger partial charge in [0.05, 0.1) is 31.1 Å². The van der Waals surface area contributed by atoms with E-state index in [1.807, 2.05) is 30.3 Å². The second-order valence-electron chi connectivity index (χ2n) is 7.60. The van der Waals surface area contributed by atoms with E-state index in [0.29, 0.717) is 11.4 Å². The first-order chi connectivity index (χ1) is 15.8. The van der Waals surface area contributed by atoms with Crippen LogP contribution in [-0.2, 0) is 38.9 Å². The molecule has 0 saturated carbocycles. The van der Waals surface area contributed by atoms with Gasteiger partial charge in [-0.25, -0.2) is 8.42 Å². The van der Waals surface area contributed by atoms with Gasteiger partial charge >= 0.3 is 5.97 Å². The summed E-state index contributed by atoms with van der Waals surface area (Å²) in [7, 11) is -2.61. The number of nitrogens with zero attached hydrogens (tertiary/aromatic N) is 1. The van der Waals surface area contributed by atoms with Gasteiger partial charge in [-0.05, 0) is 47.4 Å². The molecule has 0 amide bonds. The predicted molar refractivity (Wildman–Crippen MR) is 127 cm³/mol. The van der Waals surface area contributed by atoms with E-state index in [9.17, 15) is 18.3 Å². The first-order valence-corrected chi connectivity index (χ1v) is 12.2. The Morgan fingerprint density at radius 1 is 0.939 bits per heavy atom. The summed E-state index contributed by atoms with van der Waals surface area (Å²) in [6.45, 7) is -0.288. The lowest BCUT2D eigenvalue weighted by Crippen LogP contribution is -2.43. The van der Waals surface area contributed by atoms with Crippen LogP contribution in [-0.4, -0.2) is 43.6 Å². The van der Waals surface area contributed by atoms with Crippen molar-refractivity contribution in [2.75, 3.05) is 13.7 Å². The Morgan fingerprint density at radius 3 is 2.12 bits per heavy atom. The minimum atomic E-state index is -3.94. The van der Waals surface area contributed by atoms with E-state index in [-0.39, 0.29) is 30.4 Å². The van der Waals surface area contributed by atoms with Gasteiger partial charge in [0.2, 0.25) is 10.0 Å². The normalized spacial score (nSPS) is 12.5. The molecule has 174 valence electrons. The lowest BCUT2D eigenvalue weighted by atomic mass is 10.1. The fraction of sp³-hybridized carbons (Fsp3) is 0.240. The van der Waals surface area contributed by atoms with E-state index in [2.05, 4.69) is 4.74 Å². The molecule has 0 aromatic heterocycles. The van der Waals surface area contributed by atoms with Gasteiger partial charge in [0.1, 0.15) is 0 Å². The first kappa shape index (κ1) is 24.9. The monoisotopic (exact) mass is 487 g/mol. The van der Waals surface area contributed by atoms with E-state index in [0.717, 1.165) is 16.7 Å². The molecule has 3 rings (SSSR count). The number of carbonyl (C=O) groups excluding carboxylic acids is 1. The number of hydrogen-bond donors (Lipinski definition) is 1. The Hall–Kier alpha value is -2.71. The van der Waals surface area contributed by atoms with Gasteiger partial charge in [0.25, 0.3) is 0 Å². The number of esters is 1. The van der Waals surface area contributed by atoms with Crippen LogP contribution in [0.1, 0.15) is 16.7 Å². The molecule has 0 fully saturated rings. The third kappa shape index (κ3) is 6.65. The van der Waals surface area contributed by atoms with Gasteiger partial charge in [0, 0.05) is 11.6 Å². The summed E-state index contributed by atoms with van der Waals surface area (Å²) in [6, 6.07) is 21.8. The molecular formula is C25H26ClNO5S. The topological polar surface area (TPSA) is 83.9 Å². The molecule has 6 nitrogen and oxygen atoms in total. The fourth-order valence-corrected chi connectivity index (χ4v) is 5.21. The number of aliphatic hydroxyl groups is 1. The van der Waals surface area contributed by atoms with Gasteiger partial charge in [0.15, 0.2) is 0 Å². The van der Waals surface area contributed by atoms with E-state index < -0.39 is 16.1 Å². The minimum absolute atomic E-state index is 0.0571. The average molecular weight is 488 g/mol. The summed E-state index contributed by atoms with van der Waals surface area (Å²) in [5.41, 5.74) is 2.41. The van der Waals surface area contributed by atoms with Crippen LogP contribution in [0.5, 0.6) is 0 Å². The van der Waals surface area contributed by atoms with Gasteiger partial charge in [-0.1, -0.05) is 66.2 Å². The molecule has 0 aliphatic rings. The van der Waals surface area contributed by atoms with Crippen LogP contribution in [0.2, 0.25) is 5.02 Å². The van der Waals surface area contributed by atoms with Crippen LogP contribution in [0.4, 0.5) is 0 Å². The van der Waals surface area contributed by atoms with E-state index in [4.69, 9.17) is 11.6 Å².